The molecule has 3 N–H and O–H groups in total. The van der Waals surface area contributed by atoms with Gasteiger partial charge >= 0.3 is 0 Å². The number of carbonyl (C=O) groups excluding carboxylic acids is 1. The molecule has 0 saturated carbocycles. The molecule has 1 amide bonds. The summed E-state index contributed by atoms with van der Waals surface area (Å²) in [6.45, 7) is 5.34. The van der Waals surface area contributed by atoms with E-state index in [1.807, 2.05) is 20.1 Å². The molecule has 12 heavy (non-hydrogen) atoms. The molecule has 0 aromatic carbocycles. The zero-order valence-electron chi connectivity index (χ0n) is 8.22. The molecule has 4 heteroatoms. The normalized spacial score (nSPS) is 8.33. The highest BCUT2D eigenvalue weighted by molar-refractivity contribution is 7.99. The summed E-state index contributed by atoms with van der Waals surface area (Å²) in [5.41, 5.74) is 5.23. The van der Waals surface area contributed by atoms with Crippen LogP contribution in [0.2, 0.25) is 0 Å². The Morgan fingerprint density at radius 2 is 2.08 bits per heavy atom. The van der Waals surface area contributed by atoms with Crippen molar-refractivity contribution in [3.63, 3.8) is 0 Å². The molecule has 74 valence electrons. The molecule has 0 fully saturated rings. The van der Waals surface area contributed by atoms with Crippen LogP contribution in [0.15, 0.2) is 0 Å². The molecule has 0 heterocycles. The van der Waals surface area contributed by atoms with Crippen molar-refractivity contribution in [1.29, 1.82) is 0 Å². The van der Waals surface area contributed by atoms with Crippen molar-refractivity contribution < 1.29 is 4.79 Å². The van der Waals surface area contributed by atoms with Crippen molar-refractivity contribution >= 4 is 17.7 Å². The van der Waals surface area contributed by atoms with Crippen LogP contribution in [0.3, 0.4) is 0 Å². The van der Waals surface area contributed by atoms with Gasteiger partial charge in [-0.25, -0.2) is 0 Å². The summed E-state index contributed by atoms with van der Waals surface area (Å²) in [5.74, 6) is 0.644. The first-order chi connectivity index (χ1) is 5.81. The van der Waals surface area contributed by atoms with E-state index < -0.39 is 0 Å². The first-order valence-corrected chi connectivity index (χ1v) is 5.66. The Hall–Kier alpha value is -0.220. The summed E-state index contributed by atoms with van der Waals surface area (Å²) >= 11 is 1.52. The third kappa shape index (κ3) is 12.5. The number of nitrogens with two attached hydrogens (primary N) is 1. The highest BCUT2D eigenvalue weighted by atomic mass is 32.2. The van der Waals surface area contributed by atoms with E-state index >= 15 is 0 Å². The van der Waals surface area contributed by atoms with Gasteiger partial charge in [-0.3, -0.25) is 4.79 Å². The standard InChI is InChI=1S/C6H14N2OS.C2H6/c1-10-5-6(9)8-4-2-3-7;1-2/h2-5,7H2,1H3,(H,8,9);1-2H3. The zero-order valence-corrected chi connectivity index (χ0v) is 9.04. The fourth-order valence-electron chi connectivity index (χ4n) is 0.512. The maximum Gasteiger partial charge on any atom is 0.229 e. The molecule has 3 nitrogen and oxygen atoms in total. The molecule has 0 aromatic heterocycles. The van der Waals surface area contributed by atoms with Crippen molar-refractivity contribution in [3.8, 4) is 0 Å². The van der Waals surface area contributed by atoms with E-state index in [2.05, 4.69) is 5.32 Å². The smallest absolute Gasteiger partial charge is 0.229 e. The number of thioether (sulfide) groups is 1. The SMILES string of the molecule is CC.CSCC(=O)NCCCN. The summed E-state index contributed by atoms with van der Waals surface area (Å²) in [7, 11) is 0. The Bertz CT molecular complexity index is 99.1. The van der Waals surface area contributed by atoms with Gasteiger partial charge in [0.1, 0.15) is 0 Å². The summed E-state index contributed by atoms with van der Waals surface area (Å²) in [5, 5.41) is 2.74. The molecule has 0 atom stereocenters. The van der Waals surface area contributed by atoms with Crippen LogP contribution in [0.4, 0.5) is 0 Å². The zero-order chi connectivity index (χ0) is 9.82. The number of hydrogen-bond acceptors (Lipinski definition) is 3. The second-order valence-corrected chi connectivity index (χ2v) is 2.79. The summed E-state index contributed by atoms with van der Waals surface area (Å²) in [6, 6.07) is 0. The molecule has 0 radical (unpaired) electrons. The molecule has 0 aliphatic carbocycles. The number of hydrogen-bond donors (Lipinski definition) is 2. The molecule has 0 aromatic rings. The maximum atomic E-state index is 10.7. The van der Waals surface area contributed by atoms with Gasteiger partial charge in [-0.2, -0.15) is 11.8 Å². The second-order valence-electron chi connectivity index (χ2n) is 1.93. The quantitative estimate of drug-likeness (QED) is 0.635. The highest BCUT2D eigenvalue weighted by Gasteiger charge is 1.95. The molecule has 0 aliphatic rings. The average Bonchev–Trinajstić information content (AvgIpc) is 2.09. The minimum absolute atomic E-state index is 0.0981. The second kappa shape index (κ2) is 13.4. The number of rotatable bonds is 5. The van der Waals surface area contributed by atoms with Gasteiger partial charge in [-0.1, -0.05) is 13.8 Å². The van der Waals surface area contributed by atoms with E-state index in [1.165, 1.54) is 11.8 Å². The molecule has 0 unspecified atom stereocenters. The molecule has 0 saturated heterocycles. The fourth-order valence-corrected chi connectivity index (χ4v) is 0.876. The molecule has 0 bridgehead atoms. The summed E-state index contributed by atoms with van der Waals surface area (Å²) in [4.78, 5) is 10.7. The van der Waals surface area contributed by atoms with Gasteiger partial charge in [-0.15, -0.1) is 0 Å². The van der Waals surface area contributed by atoms with E-state index in [4.69, 9.17) is 5.73 Å². The van der Waals surface area contributed by atoms with Gasteiger partial charge in [0.2, 0.25) is 5.91 Å². The first-order valence-electron chi connectivity index (χ1n) is 4.27. The molecule has 0 rings (SSSR count). The van der Waals surface area contributed by atoms with E-state index in [9.17, 15) is 4.79 Å². The highest BCUT2D eigenvalue weighted by Crippen LogP contribution is 1.88. The van der Waals surface area contributed by atoms with Crippen LogP contribution in [0.25, 0.3) is 0 Å². The number of carbonyl (C=O) groups is 1. The lowest BCUT2D eigenvalue weighted by atomic mass is 10.4. The van der Waals surface area contributed by atoms with Gasteiger partial charge < -0.3 is 11.1 Å². The molecule has 0 aliphatic heterocycles. The van der Waals surface area contributed by atoms with Crippen LogP contribution in [0.5, 0.6) is 0 Å². The Morgan fingerprint density at radius 3 is 2.50 bits per heavy atom. The minimum Gasteiger partial charge on any atom is -0.355 e. The van der Waals surface area contributed by atoms with Crippen LogP contribution >= 0.6 is 11.8 Å². The van der Waals surface area contributed by atoms with Crippen LogP contribution in [0, 0.1) is 0 Å². The third-order valence-electron chi connectivity index (χ3n) is 0.979. The molecule has 0 spiro atoms. The number of amides is 1. The van der Waals surface area contributed by atoms with Gasteiger partial charge in [0.05, 0.1) is 5.75 Å². The Balaban J connectivity index is 0. The first kappa shape index (κ1) is 14.3. The van der Waals surface area contributed by atoms with E-state index in [-0.39, 0.29) is 5.91 Å². The minimum atomic E-state index is 0.0981. The van der Waals surface area contributed by atoms with Gasteiger partial charge in [0.25, 0.3) is 0 Å². The lowest BCUT2D eigenvalue weighted by Crippen LogP contribution is -2.27. The topological polar surface area (TPSA) is 55.1 Å². The summed E-state index contributed by atoms with van der Waals surface area (Å²) < 4.78 is 0. The summed E-state index contributed by atoms with van der Waals surface area (Å²) in [6.07, 6.45) is 2.77. The van der Waals surface area contributed by atoms with Crippen molar-refractivity contribution in [2.45, 2.75) is 20.3 Å². The molecular weight excluding hydrogens is 172 g/mol. The van der Waals surface area contributed by atoms with Gasteiger partial charge in [0, 0.05) is 6.54 Å². The number of nitrogens with one attached hydrogen (secondary N) is 1. The van der Waals surface area contributed by atoms with Crippen molar-refractivity contribution in [2.75, 3.05) is 25.1 Å². The van der Waals surface area contributed by atoms with Crippen LogP contribution in [-0.2, 0) is 4.79 Å². The fraction of sp³-hybridized carbons (Fsp3) is 0.875. The Labute approximate surface area is 79.5 Å². The van der Waals surface area contributed by atoms with E-state index in [0.29, 0.717) is 18.8 Å². The third-order valence-corrected chi connectivity index (χ3v) is 1.53. The van der Waals surface area contributed by atoms with Gasteiger partial charge in [-0.05, 0) is 19.2 Å². The molecular formula is C8H20N2OS. The van der Waals surface area contributed by atoms with Crippen molar-refractivity contribution in [1.82, 2.24) is 5.32 Å². The monoisotopic (exact) mass is 192 g/mol. The Kier molecular flexibility index (Phi) is 16.0. The van der Waals surface area contributed by atoms with Crippen LogP contribution < -0.4 is 11.1 Å². The Morgan fingerprint density at radius 1 is 1.50 bits per heavy atom. The lowest BCUT2D eigenvalue weighted by molar-refractivity contribution is -0.118. The van der Waals surface area contributed by atoms with E-state index in [0.717, 1.165) is 6.42 Å². The average molecular weight is 192 g/mol. The predicted octanol–water partition coefficient (Wildman–Crippen LogP) is 0.841. The van der Waals surface area contributed by atoms with Crippen LogP contribution in [-0.4, -0.2) is 31.0 Å². The van der Waals surface area contributed by atoms with Gasteiger partial charge in [0.15, 0.2) is 0 Å². The van der Waals surface area contributed by atoms with Crippen molar-refractivity contribution in [3.05, 3.63) is 0 Å². The van der Waals surface area contributed by atoms with E-state index in [1.54, 1.807) is 0 Å². The van der Waals surface area contributed by atoms with Crippen LogP contribution in [0.1, 0.15) is 20.3 Å². The predicted molar refractivity (Wildman–Crippen MR) is 56.4 cm³/mol. The largest absolute Gasteiger partial charge is 0.355 e. The maximum absolute atomic E-state index is 10.7. The lowest BCUT2D eigenvalue weighted by Gasteiger charge is -2.00. The van der Waals surface area contributed by atoms with Crippen molar-refractivity contribution in [2.24, 2.45) is 5.73 Å².